The Labute approximate surface area is 128 Å². The standard InChI is InChI=1S/C13H12BrN5S/c1-19-13(16-17-18-19)9-3-2-4-10(7-9)15-8-11-5-6-12(14)20-11/h2-7,15H,8H2,1H3. The maximum atomic E-state index is 4.02. The van der Waals surface area contributed by atoms with Gasteiger partial charge < -0.3 is 5.32 Å². The Morgan fingerprint density at radius 1 is 1.30 bits per heavy atom. The van der Waals surface area contributed by atoms with Crippen LogP contribution in [-0.2, 0) is 13.6 Å². The predicted molar refractivity (Wildman–Crippen MR) is 83.6 cm³/mol. The lowest BCUT2D eigenvalue weighted by Gasteiger charge is -2.06. The average Bonchev–Trinajstić information content (AvgIpc) is 3.05. The van der Waals surface area contributed by atoms with Crippen LogP contribution in [0.4, 0.5) is 5.69 Å². The van der Waals surface area contributed by atoms with E-state index in [1.54, 1.807) is 16.0 Å². The van der Waals surface area contributed by atoms with Crippen LogP contribution in [0.5, 0.6) is 0 Å². The summed E-state index contributed by atoms with van der Waals surface area (Å²) < 4.78 is 2.81. The minimum Gasteiger partial charge on any atom is -0.380 e. The monoisotopic (exact) mass is 349 g/mol. The zero-order chi connectivity index (χ0) is 13.9. The molecule has 0 aliphatic rings. The van der Waals surface area contributed by atoms with Crippen molar-refractivity contribution in [1.29, 1.82) is 0 Å². The zero-order valence-electron chi connectivity index (χ0n) is 10.7. The van der Waals surface area contributed by atoms with Crippen molar-refractivity contribution in [3.05, 3.63) is 45.1 Å². The van der Waals surface area contributed by atoms with E-state index in [2.05, 4.69) is 48.9 Å². The third-order valence-corrected chi connectivity index (χ3v) is 4.46. The average molecular weight is 350 g/mol. The summed E-state index contributed by atoms with van der Waals surface area (Å²) in [5, 5.41) is 14.9. The predicted octanol–water partition coefficient (Wildman–Crippen LogP) is 3.31. The van der Waals surface area contributed by atoms with Crippen LogP contribution in [-0.4, -0.2) is 20.2 Å². The molecule has 0 saturated carbocycles. The number of thiophene rings is 1. The van der Waals surface area contributed by atoms with Crippen LogP contribution in [0.2, 0.25) is 0 Å². The lowest BCUT2D eigenvalue weighted by molar-refractivity contribution is 0.714. The van der Waals surface area contributed by atoms with E-state index in [9.17, 15) is 0 Å². The fraction of sp³-hybridized carbons (Fsp3) is 0.154. The summed E-state index contributed by atoms with van der Waals surface area (Å²) in [5.41, 5.74) is 2.05. The van der Waals surface area contributed by atoms with E-state index in [0.717, 1.165) is 27.4 Å². The number of nitrogens with zero attached hydrogens (tertiary/aromatic N) is 4. The van der Waals surface area contributed by atoms with E-state index < -0.39 is 0 Å². The number of tetrazole rings is 1. The minimum atomic E-state index is 0.757. The van der Waals surface area contributed by atoms with Gasteiger partial charge in [0.15, 0.2) is 5.82 Å². The number of halogens is 1. The molecule has 102 valence electrons. The Kier molecular flexibility index (Phi) is 3.79. The van der Waals surface area contributed by atoms with Gasteiger partial charge in [0.2, 0.25) is 0 Å². The molecule has 0 spiro atoms. The second-order valence-corrected chi connectivity index (χ2v) is 6.81. The van der Waals surface area contributed by atoms with E-state index in [-0.39, 0.29) is 0 Å². The van der Waals surface area contributed by atoms with Crippen molar-refractivity contribution in [2.75, 3.05) is 5.32 Å². The van der Waals surface area contributed by atoms with Crippen molar-refractivity contribution in [2.45, 2.75) is 6.54 Å². The first-order valence-electron chi connectivity index (χ1n) is 6.03. The molecule has 20 heavy (non-hydrogen) atoms. The van der Waals surface area contributed by atoms with Crippen LogP contribution in [0.15, 0.2) is 40.2 Å². The number of hydrogen-bond acceptors (Lipinski definition) is 5. The Balaban J connectivity index is 1.76. The van der Waals surface area contributed by atoms with Gasteiger partial charge in [0.25, 0.3) is 0 Å². The highest BCUT2D eigenvalue weighted by Crippen LogP contribution is 2.24. The van der Waals surface area contributed by atoms with Gasteiger partial charge in [-0.2, -0.15) is 0 Å². The molecule has 0 saturated heterocycles. The minimum absolute atomic E-state index is 0.757. The number of hydrogen-bond donors (Lipinski definition) is 1. The third kappa shape index (κ3) is 2.88. The Bertz CT molecular complexity index is 721. The molecule has 2 heterocycles. The number of benzene rings is 1. The molecule has 0 atom stereocenters. The summed E-state index contributed by atoms with van der Waals surface area (Å²) in [4.78, 5) is 1.28. The van der Waals surface area contributed by atoms with Crippen molar-refractivity contribution in [3.8, 4) is 11.4 Å². The molecule has 0 fully saturated rings. The molecule has 0 radical (unpaired) electrons. The van der Waals surface area contributed by atoms with Gasteiger partial charge in [0, 0.05) is 29.7 Å². The molecule has 0 aliphatic heterocycles. The fourth-order valence-electron chi connectivity index (χ4n) is 1.88. The molecule has 2 aromatic heterocycles. The van der Waals surface area contributed by atoms with E-state index in [4.69, 9.17) is 0 Å². The van der Waals surface area contributed by atoms with Crippen LogP contribution < -0.4 is 5.32 Å². The molecule has 5 nitrogen and oxygen atoms in total. The highest BCUT2D eigenvalue weighted by Gasteiger charge is 2.06. The zero-order valence-corrected chi connectivity index (χ0v) is 13.1. The molecule has 0 aliphatic carbocycles. The summed E-state index contributed by atoms with van der Waals surface area (Å²) >= 11 is 5.20. The van der Waals surface area contributed by atoms with Crippen molar-refractivity contribution in [3.63, 3.8) is 0 Å². The Morgan fingerprint density at radius 2 is 2.20 bits per heavy atom. The molecular formula is C13H12BrN5S. The molecule has 7 heteroatoms. The first-order valence-corrected chi connectivity index (χ1v) is 7.64. The largest absolute Gasteiger partial charge is 0.380 e. The van der Waals surface area contributed by atoms with Crippen LogP contribution in [0.25, 0.3) is 11.4 Å². The molecule has 1 N–H and O–H groups in total. The Hall–Kier alpha value is -1.73. The van der Waals surface area contributed by atoms with Crippen molar-refractivity contribution < 1.29 is 0 Å². The highest BCUT2D eigenvalue weighted by atomic mass is 79.9. The van der Waals surface area contributed by atoms with Gasteiger partial charge in [0.05, 0.1) is 3.79 Å². The second-order valence-electron chi connectivity index (χ2n) is 4.27. The summed E-state index contributed by atoms with van der Waals surface area (Å²) in [6.07, 6.45) is 0. The molecular weight excluding hydrogens is 338 g/mol. The summed E-state index contributed by atoms with van der Waals surface area (Å²) in [5.74, 6) is 0.757. The van der Waals surface area contributed by atoms with Crippen molar-refractivity contribution >= 4 is 33.0 Å². The smallest absolute Gasteiger partial charge is 0.181 e. The molecule has 3 aromatic rings. The summed E-state index contributed by atoms with van der Waals surface area (Å²) in [6, 6.07) is 12.3. The van der Waals surface area contributed by atoms with Crippen molar-refractivity contribution in [2.24, 2.45) is 7.05 Å². The number of anilines is 1. The van der Waals surface area contributed by atoms with Gasteiger partial charge in [0.1, 0.15) is 0 Å². The van der Waals surface area contributed by atoms with Gasteiger partial charge in [-0.15, -0.1) is 16.4 Å². The topological polar surface area (TPSA) is 55.6 Å². The van der Waals surface area contributed by atoms with Crippen LogP contribution in [0, 0.1) is 0 Å². The molecule has 3 rings (SSSR count). The fourth-order valence-corrected chi connectivity index (χ4v) is 3.30. The molecule has 0 bridgehead atoms. The number of aromatic nitrogens is 4. The molecule has 0 amide bonds. The number of rotatable bonds is 4. The van der Waals surface area contributed by atoms with Gasteiger partial charge in [-0.05, 0) is 50.6 Å². The van der Waals surface area contributed by atoms with Gasteiger partial charge in [-0.3, -0.25) is 0 Å². The van der Waals surface area contributed by atoms with Crippen LogP contribution in [0.3, 0.4) is 0 Å². The Morgan fingerprint density at radius 3 is 2.90 bits per heavy atom. The van der Waals surface area contributed by atoms with E-state index in [0.29, 0.717) is 0 Å². The first-order chi connectivity index (χ1) is 9.72. The SMILES string of the molecule is Cn1nnnc1-c1cccc(NCc2ccc(Br)s2)c1. The second kappa shape index (κ2) is 5.72. The third-order valence-electron chi connectivity index (χ3n) is 2.84. The normalized spacial score (nSPS) is 10.7. The van der Waals surface area contributed by atoms with Crippen LogP contribution >= 0.6 is 27.3 Å². The van der Waals surface area contributed by atoms with E-state index >= 15 is 0 Å². The number of aryl methyl sites for hydroxylation is 1. The quantitative estimate of drug-likeness (QED) is 0.784. The van der Waals surface area contributed by atoms with Crippen LogP contribution in [0.1, 0.15) is 4.88 Å². The van der Waals surface area contributed by atoms with E-state index in [1.807, 2.05) is 31.3 Å². The first kappa shape index (κ1) is 13.3. The van der Waals surface area contributed by atoms with E-state index in [1.165, 1.54) is 4.88 Å². The molecule has 1 aromatic carbocycles. The highest BCUT2D eigenvalue weighted by molar-refractivity contribution is 9.11. The van der Waals surface area contributed by atoms with Gasteiger partial charge in [-0.1, -0.05) is 12.1 Å². The van der Waals surface area contributed by atoms with Gasteiger partial charge in [-0.25, -0.2) is 4.68 Å². The number of nitrogens with one attached hydrogen (secondary N) is 1. The summed E-state index contributed by atoms with van der Waals surface area (Å²) in [6.45, 7) is 0.802. The van der Waals surface area contributed by atoms with Gasteiger partial charge >= 0.3 is 0 Å². The maximum absolute atomic E-state index is 4.02. The lowest BCUT2D eigenvalue weighted by atomic mass is 10.2. The molecule has 0 unspecified atom stereocenters. The lowest BCUT2D eigenvalue weighted by Crippen LogP contribution is -1.99. The summed E-state index contributed by atoms with van der Waals surface area (Å²) in [7, 11) is 1.83. The van der Waals surface area contributed by atoms with Crippen molar-refractivity contribution in [1.82, 2.24) is 20.2 Å². The maximum Gasteiger partial charge on any atom is 0.181 e.